The van der Waals surface area contributed by atoms with Gasteiger partial charge in [-0.3, -0.25) is 0 Å². The first-order chi connectivity index (χ1) is 11.8. The van der Waals surface area contributed by atoms with Gasteiger partial charge in [-0.1, -0.05) is 92.9 Å². The Balaban J connectivity index is 4.46. The molecule has 0 aromatic rings. The highest BCUT2D eigenvalue weighted by atomic mass is 28.3. The van der Waals surface area contributed by atoms with E-state index in [-0.39, 0.29) is 0 Å². The molecule has 0 saturated carbocycles. The average molecular weight is 363 g/mol. The van der Waals surface area contributed by atoms with Crippen LogP contribution < -0.4 is 0 Å². The Morgan fingerprint density at radius 2 is 1.20 bits per heavy atom. The van der Waals surface area contributed by atoms with Crippen molar-refractivity contribution in [1.82, 2.24) is 0 Å². The van der Waals surface area contributed by atoms with Gasteiger partial charge in [-0.15, -0.1) is 5.54 Å². The van der Waals surface area contributed by atoms with Crippen LogP contribution in [0, 0.1) is 23.3 Å². The van der Waals surface area contributed by atoms with Crippen LogP contribution >= 0.6 is 0 Å². The first-order valence-electron chi connectivity index (χ1n) is 10.5. The molecule has 0 aliphatic rings. The van der Waals surface area contributed by atoms with Crippen LogP contribution in [0.1, 0.15) is 99.8 Å². The number of hydrogen-bond donors (Lipinski definition) is 1. The fourth-order valence-corrected chi connectivity index (χ4v) is 9.20. The molecule has 0 bridgehead atoms. The third kappa shape index (κ3) is 8.98. The predicted molar refractivity (Wildman–Crippen MR) is 115 cm³/mol. The topological polar surface area (TPSA) is 20.2 Å². The molecule has 0 saturated heterocycles. The van der Waals surface area contributed by atoms with Crippen LogP contribution in [0.5, 0.6) is 0 Å². The number of aliphatic hydroxyl groups is 1. The molecule has 1 N–H and O–H groups in total. The average Bonchev–Trinajstić information content (AvgIpc) is 2.53. The summed E-state index contributed by atoms with van der Waals surface area (Å²) in [5, 5.41) is 10.0. The molecule has 0 radical (unpaired) electrons. The maximum atomic E-state index is 10.0. The van der Waals surface area contributed by atoms with Gasteiger partial charge in [0.25, 0.3) is 0 Å². The van der Waals surface area contributed by atoms with Gasteiger partial charge in [0.1, 0.15) is 14.2 Å². The van der Waals surface area contributed by atoms with Crippen LogP contribution in [0.25, 0.3) is 0 Å². The van der Waals surface area contributed by atoms with Crippen molar-refractivity contribution in [3.05, 3.63) is 0 Å². The zero-order chi connectivity index (χ0) is 19.3. The van der Waals surface area contributed by atoms with E-state index in [0.29, 0.717) is 16.6 Å². The lowest BCUT2D eigenvalue weighted by atomic mass is 10.1. The molecule has 0 rings (SSSR count). The van der Waals surface area contributed by atoms with Crippen molar-refractivity contribution in [2.75, 3.05) is 0 Å². The monoisotopic (exact) mass is 362 g/mol. The second kappa shape index (κ2) is 13.5. The van der Waals surface area contributed by atoms with E-state index in [4.69, 9.17) is 0 Å². The summed E-state index contributed by atoms with van der Waals surface area (Å²) in [5.41, 5.74) is 5.46. The van der Waals surface area contributed by atoms with Gasteiger partial charge in [-0.25, -0.2) is 0 Å². The zero-order valence-corrected chi connectivity index (χ0v) is 18.9. The van der Waals surface area contributed by atoms with E-state index in [1.54, 1.807) is 0 Å². The molecule has 0 aromatic carbocycles. The SMILES string of the molecule is CCCCCCCCC[C@@H](O)C#CC#C[Si](C(C)C)(C(C)C)C(C)C. The van der Waals surface area contributed by atoms with Crippen molar-refractivity contribution in [3.63, 3.8) is 0 Å². The molecule has 0 fully saturated rings. The molecule has 0 aliphatic carbocycles. The number of hydrogen-bond acceptors (Lipinski definition) is 1. The molecule has 0 aliphatic heterocycles. The minimum Gasteiger partial charge on any atom is -0.380 e. The van der Waals surface area contributed by atoms with E-state index in [2.05, 4.69) is 71.8 Å². The summed E-state index contributed by atoms with van der Waals surface area (Å²) in [6.45, 7) is 16.1. The lowest BCUT2D eigenvalue weighted by molar-refractivity contribution is 0.217. The molecular weight excluding hydrogens is 320 g/mol. The third-order valence-corrected chi connectivity index (χ3v) is 11.8. The fraction of sp³-hybridized carbons (Fsp3) is 0.826. The van der Waals surface area contributed by atoms with E-state index in [1.807, 2.05) is 0 Å². The molecule has 1 atom stereocenters. The second-order valence-corrected chi connectivity index (χ2v) is 13.9. The Labute approximate surface area is 159 Å². The minimum atomic E-state index is -1.69. The Hall–Kier alpha value is -0.703. The van der Waals surface area contributed by atoms with Crippen molar-refractivity contribution >= 4 is 8.07 Å². The molecule has 0 unspecified atom stereocenters. The number of unbranched alkanes of at least 4 members (excludes halogenated alkanes) is 6. The quantitative estimate of drug-likeness (QED) is 0.246. The van der Waals surface area contributed by atoms with Gasteiger partial charge in [0.2, 0.25) is 0 Å². The highest BCUT2D eigenvalue weighted by molar-refractivity contribution is 6.90. The van der Waals surface area contributed by atoms with Gasteiger partial charge in [-0.2, -0.15) is 0 Å². The van der Waals surface area contributed by atoms with Gasteiger partial charge in [0, 0.05) is 0 Å². The first-order valence-corrected chi connectivity index (χ1v) is 12.7. The molecule has 0 heterocycles. The number of aliphatic hydroxyl groups excluding tert-OH is 1. The Bertz CT molecular complexity index is 434. The maximum absolute atomic E-state index is 10.0. The Kier molecular flexibility index (Phi) is 13.1. The van der Waals surface area contributed by atoms with Crippen molar-refractivity contribution in [1.29, 1.82) is 0 Å². The molecular formula is C23H42OSi. The Morgan fingerprint density at radius 1 is 0.720 bits per heavy atom. The van der Waals surface area contributed by atoms with Gasteiger partial charge in [-0.05, 0) is 41.3 Å². The highest BCUT2D eigenvalue weighted by Gasteiger charge is 2.41. The number of rotatable bonds is 11. The molecule has 25 heavy (non-hydrogen) atoms. The molecule has 0 spiro atoms. The summed E-state index contributed by atoms with van der Waals surface area (Å²) >= 11 is 0. The van der Waals surface area contributed by atoms with Crippen LogP contribution in [0.3, 0.4) is 0 Å². The van der Waals surface area contributed by atoms with Crippen LogP contribution in [0.4, 0.5) is 0 Å². The van der Waals surface area contributed by atoms with E-state index < -0.39 is 14.2 Å². The highest BCUT2D eigenvalue weighted by Crippen LogP contribution is 2.40. The van der Waals surface area contributed by atoms with Gasteiger partial charge < -0.3 is 5.11 Å². The summed E-state index contributed by atoms with van der Waals surface area (Å²) in [5.74, 6) is 9.00. The van der Waals surface area contributed by atoms with E-state index in [0.717, 1.165) is 12.8 Å². The van der Waals surface area contributed by atoms with Crippen LogP contribution in [-0.2, 0) is 0 Å². The summed E-state index contributed by atoms with van der Waals surface area (Å²) in [7, 11) is -1.69. The van der Waals surface area contributed by atoms with Crippen molar-refractivity contribution < 1.29 is 5.11 Å². The molecule has 144 valence electrons. The van der Waals surface area contributed by atoms with Gasteiger partial charge in [0.15, 0.2) is 0 Å². The predicted octanol–water partition coefficient (Wildman–Crippen LogP) is 6.71. The smallest absolute Gasteiger partial charge is 0.147 e. The molecule has 2 heteroatoms. The maximum Gasteiger partial charge on any atom is 0.147 e. The lowest BCUT2D eigenvalue weighted by Crippen LogP contribution is -2.43. The summed E-state index contributed by atoms with van der Waals surface area (Å²) in [6, 6.07) is 0. The van der Waals surface area contributed by atoms with Gasteiger partial charge in [0.05, 0.1) is 0 Å². The molecule has 0 amide bonds. The van der Waals surface area contributed by atoms with Crippen molar-refractivity contribution in [3.8, 4) is 23.3 Å². The van der Waals surface area contributed by atoms with Crippen molar-refractivity contribution in [2.45, 2.75) is 123 Å². The van der Waals surface area contributed by atoms with Crippen LogP contribution in [0.2, 0.25) is 16.6 Å². The van der Waals surface area contributed by atoms with E-state index in [9.17, 15) is 5.11 Å². The second-order valence-electron chi connectivity index (χ2n) is 8.34. The Morgan fingerprint density at radius 3 is 1.68 bits per heavy atom. The first kappa shape index (κ1) is 24.3. The zero-order valence-electron chi connectivity index (χ0n) is 17.9. The van der Waals surface area contributed by atoms with E-state index >= 15 is 0 Å². The normalized spacial score (nSPS) is 12.8. The van der Waals surface area contributed by atoms with Gasteiger partial charge >= 0.3 is 0 Å². The lowest BCUT2D eigenvalue weighted by Gasteiger charge is -2.37. The van der Waals surface area contributed by atoms with E-state index in [1.165, 1.54) is 38.5 Å². The van der Waals surface area contributed by atoms with Crippen LogP contribution in [-0.4, -0.2) is 19.3 Å². The summed E-state index contributed by atoms with van der Waals surface area (Å²) in [6.07, 6.45) is 9.14. The van der Waals surface area contributed by atoms with Crippen molar-refractivity contribution in [2.24, 2.45) is 0 Å². The summed E-state index contributed by atoms with van der Waals surface area (Å²) in [4.78, 5) is 0. The minimum absolute atomic E-state index is 0.516. The third-order valence-electron chi connectivity index (χ3n) is 5.53. The fourth-order valence-electron chi connectivity index (χ4n) is 4.06. The van der Waals surface area contributed by atoms with Crippen LogP contribution in [0.15, 0.2) is 0 Å². The summed E-state index contributed by atoms with van der Waals surface area (Å²) < 4.78 is 0. The standard InChI is InChI=1S/C23H42OSi/c1-8-9-10-11-12-13-14-17-23(24)18-15-16-19-25(20(2)3,21(4)5)22(6)7/h20-24H,8-14,17H2,1-7H3/t23-/m1/s1. The largest absolute Gasteiger partial charge is 0.380 e. The molecule has 0 aromatic heterocycles. The molecule has 1 nitrogen and oxygen atoms in total.